The fourth-order valence-corrected chi connectivity index (χ4v) is 3.76. The third kappa shape index (κ3) is 7.44. The van der Waals surface area contributed by atoms with Gasteiger partial charge in [-0.1, -0.05) is 12.1 Å². The molecular weight excluding hydrogens is 516 g/mol. The van der Waals surface area contributed by atoms with Gasteiger partial charge in [-0.25, -0.2) is 9.82 Å². The van der Waals surface area contributed by atoms with E-state index in [1.54, 1.807) is 18.3 Å². The van der Waals surface area contributed by atoms with Gasteiger partial charge in [0.25, 0.3) is 5.91 Å². The van der Waals surface area contributed by atoms with Crippen LogP contribution in [0.2, 0.25) is 0 Å². The topological polar surface area (TPSA) is 72.4 Å². The molecule has 0 bridgehead atoms. The number of rotatable bonds is 9. The third-order valence-corrected chi connectivity index (χ3v) is 5.30. The summed E-state index contributed by atoms with van der Waals surface area (Å²) >= 11 is 2.17. The fraction of sp³-hybridized carbons (Fsp3) is 0.364. The highest BCUT2D eigenvalue weighted by Crippen LogP contribution is 2.34. The monoisotopic (exact) mass is 541 g/mol. The first-order valence-electron chi connectivity index (χ1n) is 10.0. The van der Waals surface area contributed by atoms with Crippen LogP contribution in [0.4, 0.5) is 4.39 Å². The first kappa shape index (κ1) is 23.4. The molecule has 7 nitrogen and oxygen atoms in total. The normalized spacial score (nSPS) is 14.5. The van der Waals surface area contributed by atoms with E-state index in [1.165, 1.54) is 12.1 Å². The van der Waals surface area contributed by atoms with E-state index in [0.717, 1.165) is 27.8 Å². The molecule has 1 saturated heterocycles. The molecule has 3 rings (SSSR count). The molecule has 0 spiro atoms. The minimum atomic E-state index is -0.283. The van der Waals surface area contributed by atoms with Crippen molar-refractivity contribution >= 4 is 34.7 Å². The van der Waals surface area contributed by atoms with Crippen molar-refractivity contribution in [1.82, 2.24) is 10.3 Å². The Balaban J connectivity index is 1.62. The number of hydrazone groups is 1. The summed E-state index contributed by atoms with van der Waals surface area (Å²) in [7, 11) is 0. The molecule has 0 aromatic heterocycles. The number of halogens is 2. The van der Waals surface area contributed by atoms with Crippen molar-refractivity contribution in [1.29, 1.82) is 0 Å². The Labute approximate surface area is 194 Å². The van der Waals surface area contributed by atoms with Crippen LogP contribution < -0.4 is 14.9 Å². The Hall–Kier alpha value is -2.24. The Bertz CT molecular complexity index is 902. The van der Waals surface area contributed by atoms with Crippen LogP contribution in [-0.2, 0) is 16.1 Å². The minimum absolute atomic E-state index is 0.169. The number of amides is 1. The smallest absolute Gasteiger partial charge is 0.254 e. The average molecular weight is 541 g/mol. The summed E-state index contributed by atoms with van der Waals surface area (Å²) in [6, 6.07) is 9.87. The van der Waals surface area contributed by atoms with Crippen LogP contribution in [0.5, 0.6) is 11.5 Å². The van der Waals surface area contributed by atoms with Gasteiger partial charge in [-0.2, -0.15) is 5.10 Å². The summed E-state index contributed by atoms with van der Waals surface area (Å²) in [6.45, 7) is 5.72. The molecule has 1 fully saturated rings. The quantitative estimate of drug-likeness (QED) is 0.300. The second-order valence-corrected chi connectivity index (χ2v) is 8.02. The van der Waals surface area contributed by atoms with Gasteiger partial charge in [0.15, 0.2) is 11.5 Å². The van der Waals surface area contributed by atoms with Crippen LogP contribution in [0.3, 0.4) is 0 Å². The molecule has 2 aromatic rings. The molecule has 1 amide bonds. The molecule has 9 heteroatoms. The average Bonchev–Trinajstić information content (AvgIpc) is 2.75. The van der Waals surface area contributed by atoms with Crippen molar-refractivity contribution in [2.24, 2.45) is 5.10 Å². The van der Waals surface area contributed by atoms with Crippen molar-refractivity contribution < 1.29 is 23.4 Å². The van der Waals surface area contributed by atoms with Gasteiger partial charge in [0.2, 0.25) is 0 Å². The van der Waals surface area contributed by atoms with Crippen LogP contribution >= 0.6 is 22.6 Å². The zero-order valence-electron chi connectivity index (χ0n) is 17.3. The van der Waals surface area contributed by atoms with Crippen molar-refractivity contribution in [3.05, 3.63) is 56.9 Å². The van der Waals surface area contributed by atoms with E-state index in [4.69, 9.17) is 14.2 Å². The van der Waals surface area contributed by atoms with Crippen LogP contribution in [0.1, 0.15) is 18.1 Å². The Morgan fingerprint density at radius 2 is 2.00 bits per heavy atom. The number of hydrogen-bond donors (Lipinski definition) is 1. The highest BCUT2D eigenvalue weighted by Gasteiger charge is 2.14. The number of ether oxygens (including phenoxy) is 3. The molecule has 0 aliphatic carbocycles. The van der Waals surface area contributed by atoms with Gasteiger partial charge in [-0.05, 0) is 64.9 Å². The number of carbonyl (C=O) groups excluding carboxylic acids is 1. The maximum Gasteiger partial charge on any atom is 0.254 e. The summed E-state index contributed by atoms with van der Waals surface area (Å²) in [6.07, 6.45) is 1.58. The lowest BCUT2D eigenvalue weighted by Gasteiger charge is -2.25. The molecule has 1 N–H and O–H groups in total. The number of hydrogen-bond acceptors (Lipinski definition) is 6. The second kappa shape index (κ2) is 12.0. The molecular formula is C22H25FIN3O4. The molecule has 1 aliphatic rings. The number of benzene rings is 2. The lowest BCUT2D eigenvalue weighted by atomic mass is 10.2. The number of nitrogens with zero attached hydrogens (tertiary/aromatic N) is 2. The van der Waals surface area contributed by atoms with Crippen LogP contribution in [0, 0.1) is 9.39 Å². The van der Waals surface area contributed by atoms with Crippen molar-refractivity contribution in [3.8, 4) is 11.5 Å². The maximum absolute atomic E-state index is 13.1. The van der Waals surface area contributed by atoms with Gasteiger partial charge in [0.1, 0.15) is 12.4 Å². The van der Waals surface area contributed by atoms with Gasteiger partial charge in [0, 0.05) is 13.1 Å². The molecule has 0 saturated carbocycles. The van der Waals surface area contributed by atoms with E-state index < -0.39 is 0 Å². The predicted molar refractivity (Wildman–Crippen MR) is 124 cm³/mol. The van der Waals surface area contributed by atoms with Crippen LogP contribution in [0.15, 0.2) is 41.5 Å². The summed E-state index contributed by atoms with van der Waals surface area (Å²) in [5, 5.41) is 4.06. The van der Waals surface area contributed by atoms with Gasteiger partial charge in [-0.3, -0.25) is 9.69 Å². The molecule has 1 aliphatic heterocycles. The predicted octanol–water partition coefficient (Wildman–Crippen LogP) is 3.19. The second-order valence-electron chi connectivity index (χ2n) is 6.86. The molecule has 0 unspecified atom stereocenters. The highest BCUT2D eigenvalue weighted by atomic mass is 127. The van der Waals surface area contributed by atoms with Gasteiger partial charge in [0.05, 0.1) is 36.2 Å². The molecule has 31 heavy (non-hydrogen) atoms. The lowest BCUT2D eigenvalue weighted by Crippen LogP contribution is -2.42. The summed E-state index contributed by atoms with van der Waals surface area (Å²) < 4.78 is 30.9. The Morgan fingerprint density at radius 1 is 1.26 bits per heavy atom. The molecule has 2 aromatic carbocycles. The molecule has 0 radical (unpaired) electrons. The fourth-order valence-electron chi connectivity index (χ4n) is 2.98. The number of morpholine rings is 1. The van der Waals surface area contributed by atoms with E-state index in [1.807, 2.05) is 24.0 Å². The first-order valence-corrected chi connectivity index (χ1v) is 11.1. The largest absolute Gasteiger partial charge is 0.490 e. The Kier molecular flexibility index (Phi) is 9.04. The highest BCUT2D eigenvalue weighted by molar-refractivity contribution is 14.1. The standard InChI is InChI=1S/C22H25FIN3O4/c1-2-30-20-12-17(13-25-26-21(28)14-27-7-9-29-10-8-27)11-19(24)22(20)31-15-16-3-5-18(23)6-4-16/h3-6,11-13H,2,7-10,14-15H2,1H3,(H,26,28)/b25-13-. The molecule has 166 valence electrons. The SMILES string of the molecule is CCOc1cc(/C=N\NC(=O)CN2CCOCC2)cc(I)c1OCc1ccc(F)cc1. The summed E-state index contributed by atoms with van der Waals surface area (Å²) in [4.78, 5) is 14.1. The van der Waals surface area contributed by atoms with Crippen LogP contribution in [-0.4, -0.2) is 56.5 Å². The van der Waals surface area contributed by atoms with E-state index in [2.05, 4.69) is 33.1 Å². The van der Waals surface area contributed by atoms with E-state index >= 15 is 0 Å². The van der Waals surface area contributed by atoms with E-state index in [-0.39, 0.29) is 11.7 Å². The van der Waals surface area contributed by atoms with E-state index in [0.29, 0.717) is 44.5 Å². The van der Waals surface area contributed by atoms with E-state index in [9.17, 15) is 9.18 Å². The molecule has 0 atom stereocenters. The van der Waals surface area contributed by atoms with Crippen LogP contribution in [0.25, 0.3) is 0 Å². The summed E-state index contributed by atoms with van der Waals surface area (Å²) in [5.41, 5.74) is 4.18. The number of nitrogens with one attached hydrogen (secondary N) is 1. The van der Waals surface area contributed by atoms with Gasteiger partial charge < -0.3 is 14.2 Å². The minimum Gasteiger partial charge on any atom is -0.490 e. The maximum atomic E-state index is 13.1. The zero-order valence-corrected chi connectivity index (χ0v) is 19.4. The third-order valence-electron chi connectivity index (χ3n) is 4.50. The van der Waals surface area contributed by atoms with Crippen molar-refractivity contribution in [2.75, 3.05) is 39.5 Å². The number of carbonyl (C=O) groups is 1. The molecule has 1 heterocycles. The van der Waals surface area contributed by atoms with Crippen molar-refractivity contribution in [3.63, 3.8) is 0 Å². The summed E-state index contributed by atoms with van der Waals surface area (Å²) in [5.74, 6) is 0.740. The Morgan fingerprint density at radius 3 is 2.71 bits per heavy atom. The zero-order chi connectivity index (χ0) is 22.1. The van der Waals surface area contributed by atoms with Gasteiger partial charge >= 0.3 is 0 Å². The first-order chi connectivity index (χ1) is 15.0. The van der Waals surface area contributed by atoms with Gasteiger partial charge in [-0.15, -0.1) is 0 Å². The van der Waals surface area contributed by atoms with Crippen molar-refractivity contribution in [2.45, 2.75) is 13.5 Å². The lowest BCUT2D eigenvalue weighted by molar-refractivity contribution is -0.123.